The molecule has 3 aromatic rings. The number of benzene rings is 1. The third kappa shape index (κ3) is 7.18. The maximum atomic E-state index is 14.4. The zero-order valence-electron chi connectivity index (χ0n) is 25.6. The molecule has 3 aliphatic rings. The number of aromatic nitrogens is 3. The monoisotopic (exact) mass is 658 g/mol. The number of ether oxygens (including phenoxy) is 1. The molecule has 1 aromatic carbocycles. The number of halogens is 3. The minimum Gasteiger partial charge on any atom is -0.481 e. The van der Waals surface area contributed by atoms with E-state index in [1.165, 1.54) is 35.9 Å². The van der Waals surface area contributed by atoms with Crippen LogP contribution in [0.1, 0.15) is 58.5 Å². The van der Waals surface area contributed by atoms with Crippen LogP contribution in [0.2, 0.25) is 0 Å². The lowest BCUT2D eigenvalue weighted by Gasteiger charge is -2.31. The van der Waals surface area contributed by atoms with Gasteiger partial charge in [-0.2, -0.15) is 13.2 Å². The van der Waals surface area contributed by atoms with E-state index in [1.807, 2.05) is 4.90 Å². The fourth-order valence-electron chi connectivity index (χ4n) is 6.42. The predicted octanol–water partition coefficient (Wildman–Crippen LogP) is 5.17. The van der Waals surface area contributed by atoms with Crippen molar-refractivity contribution in [2.75, 3.05) is 55.7 Å². The second-order valence-electron chi connectivity index (χ2n) is 12.1. The Kier molecular flexibility index (Phi) is 9.57. The molecule has 246 valence electrons. The molecule has 0 saturated carbocycles. The van der Waals surface area contributed by atoms with E-state index in [0.717, 1.165) is 24.3 Å². The van der Waals surface area contributed by atoms with E-state index in [0.29, 0.717) is 86.9 Å². The van der Waals surface area contributed by atoms with Crippen LogP contribution in [0.25, 0.3) is 11.3 Å². The second kappa shape index (κ2) is 13.6. The van der Waals surface area contributed by atoms with Crippen molar-refractivity contribution >= 4 is 34.6 Å². The van der Waals surface area contributed by atoms with Crippen LogP contribution in [0.3, 0.4) is 0 Å². The number of nitrogens with zero attached hydrogens (tertiary/aromatic N) is 6. The van der Waals surface area contributed by atoms with Crippen LogP contribution in [-0.4, -0.2) is 88.7 Å². The first-order valence-corrected chi connectivity index (χ1v) is 16.5. The number of rotatable bonds is 9. The first-order valence-electron chi connectivity index (χ1n) is 15.7. The second-order valence-corrected chi connectivity index (χ2v) is 13.3. The maximum Gasteiger partial charge on any atom is 0.418 e. The van der Waals surface area contributed by atoms with Crippen molar-refractivity contribution in [1.29, 1.82) is 0 Å². The summed E-state index contributed by atoms with van der Waals surface area (Å²) in [5.74, 6) is -0.862. The minimum atomic E-state index is -4.56. The van der Waals surface area contributed by atoms with Gasteiger partial charge in [-0.15, -0.1) is 11.3 Å². The fraction of sp³-hybridized carbons (Fsp3) is 0.531. The Morgan fingerprint density at radius 2 is 1.78 bits per heavy atom. The number of piperidine rings is 1. The van der Waals surface area contributed by atoms with Crippen LogP contribution in [0.15, 0.2) is 30.6 Å². The highest BCUT2D eigenvalue weighted by Crippen LogP contribution is 2.41. The van der Waals surface area contributed by atoms with Crippen molar-refractivity contribution in [2.45, 2.75) is 57.8 Å². The van der Waals surface area contributed by atoms with E-state index < -0.39 is 17.7 Å². The van der Waals surface area contributed by atoms with E-state index in [9.17, 15) is 27.9 Å². The van der Waals surface area contributed by atoms with Gasteiger partial charge in [0.1, 0.15) is 16.5 Å². The molecule has 10 nitrogen and oxygen atoms in total. The van der Waals surface area contributed by atoms with E-state index in [-0.39, 0.29) is 29.5 Å². The van der Waals surface area contributed by atoms with Gasteiger partial charge in [-0.1, -0.05) is 6.07 Å². The molecule has 2 aromatic heterocycles. The van der Waals surface area contributed by atoms with Gasteiger partial charge in [0.2, 0.25) is 0 Å². The number of hydrogen-bond acceptors (Lipinski definition) is 10. The normalized spacial score (nSPS) is 20.0. The molecule has 6 rings (SSSR count). The summed E-state index contributed by atoms with van der Waals surface area (Å²) in [6.07, 6.45) is 1.48. The van der Waals surface area contributed by atoms with Gasteiger partial charge >= 0.3 is 12.1 Å². The molecule has 3 aliphatic heterocycles. The highest BCUT2D eigenvalue weighted by Gasteiger charge is 2.36. The molecule has 1 atom stereocenters. The average molecular weight is 659 g/mol. The van der Waals surface area contributed by atoms with Crippen LogP contribution >= 0.6 is 11.3 Å². The zero-order valence-corrected chi connectivity index (χ0v) is 26.4. The lowest BCUT2D eigenvalue weighted by molar-refractivity contribution is -0.142. The molecule has 0 aliphatic carbocycles. The van der Waals surface area contributed by atoms with Gasteiger partial charge in [-0.25, -0.2) is 15.0 Å². The topological polar surface area (TPSA) is 112 Å². The van der Waals surface area contributed by atoms with Crippen molar-refractivity contribution in [3.05, 3.63) is 51.7 Å². The van der Waals surface area contributed by atoms with E-state index >= 15 is 0 Å². The minimum absolute atomic E-state index is 0.0523. The summed E-state index contributed by atoms with van der Waals surface area (Å²) in [5, 5.41) is 9.75. The first-order chi connectivity index (χ1) is 22.1. The summed E-state index contributed by atoms with van der Waals surface area (Å²) in [7, 11) is 0. The molecule has 0 amide bonds. The molecule has 0 radical (unpaired) electrons. The van der Waals surface area contributed by atoms with Gasteiger partial charge in [0, 0.05) is 54.9 Å². The van der Waals surface area contributed by atoms with Crippen molar-refractivity contribution in [3.63, 3.8) is 0 Å². The number of anilines is 2. The van der Waals surface area contributed by atoms with E-state index in [4.69, 9.17) is 9.72 Å². The average Bonchev–Trinajstić information content (AvgIpc) is 3.65. The highest BCUT2D eigenvalue weighted by molar-refractivity contribution is 7.12. The summed E-state index contributed by atoms with van der Waals surface area (Å²) in [5.41, 5.74) is 0.438. The number of alkyl halides is 3. The number of carboxylic acid groups (broad SMARTS) is 1. The number of carbonyl (C=O) groups is 2. The van der Waals surface area contributed by atoms with Gasteiger partial charge in [-0.3, -0.25) is 14.5 Å². The molecule has 1 N–H and O–H groups in total. The number of carbonyl (C=O) groups excluding carboxylic acids is 1. The lowest BCUT2D eigenvalue weighted by Crippen LogP contribution is -2.37. The quantitative estimate of drug-likeness (QED) is 0.309. The molecule has 14 heteroatoms. The Labute approximate surface area is 269 Å². The number of Topliss-reactive ketones (excluding diaryl/α,β-unsaturated/α-hetero) is 1. The third-order valence-corrected chi connectivity index (χ3v) is 10.2. The number of carboxylic acids is 1. The number of aliphatic carboxylic acids is 1. The summed E-state index contributed by atoms with van der Waals surface area (Å²) in [6.45, 7) is 6.19. The third-order valence-electron chi connectivity index (χ3n) is 9.11. The molecule has 0 spiro atoms. The largest absolute Gasteiger partial charge is 0.481 e. The van der Waals surface area contributed by atoms with Gasteiger partial charge in [0.15, 0.2) is 5.78 Å². The molecule has 3 saturated heterocycles. The summed E-state index contributed by atoms with van der Waals surface area (Å²) in [4.78, 5) is 44.9. The van der Waals surface area contributed by atoms with Gasteiger partial charge in [0.25, 0.3) is 0 Å². The molecular formula is C32H37F3N6O4S. The molecule has 5 heterocycles. The van der Waals surface area contributed by atoms with Crippen LogP contribution < -0.4 is 9.80 Å². The van der Waals surface area contributed by atoms with Gasteiger partial charge in [-0.05, 0) is 51.3 Å². The van der Waals surface area contributed by atoms with E-state index in [1.54, 1.807) is 11.0 Å². The zero-order chi connectivity index (χ0) is 32.4. The smallest absolute Gasteiger partial charge is 0.418 e. The number of ketones is 1. The van der Waals surface area contributed by atoms with Crippen molar-refractivity contribution < 1.29 is 32.6 Å². The number of likely N-dealkylation sites (tertiary alicyclic amines) is 1. The number of thiazole rings is 1. The van der Waals surface area contributed by atoms with Crippen LogP contribution in [-0.2, 0) is 28.7 Å². The molecule has 0 bridgehead atoms. The number of morpholine rings is 1. The first kappa shape index (κ1) is 32.3. The summed E-state index contributed by atoms with van der Waals surface area (Å²) < 4.78 is 48.5. The van der Waals surface area contributed by atoms with Crippen LogP contribution in [0, 0.1) is 5.92 Å². The van der Waals surface area contributed by atoms with E-state index in [2.05, 4.69) is 21.8 Å². The van der Waals surface area contributed by atoms with Crippen LogP contribution in [0.5, 0.6) is 0 Å². The van der Waals surface area contributed by atoms with Crippen LogP contribution in [0.4, 0.5) is 24.7 Å². The molecule has 46 heavy (non-hydrogen) atoms. The van der Waals surface area contributed by atoms with Crippen molar-refractivity contribution in [2.24, 2.45) is 5.92 Å². The maximum absolute atomic E-state index is 14.4. The lowest BCUT2D eigenvalue weighted by atomic mass is 9.97. The summed E-state index contributed by atoms with van der Waals surface area (Å²) >= 11 is 1.35. The Balaban J connectivity index is 1.24. The highest BCUT2D eigenvalue weighted by atomic mass is 32.1. The Bertz CT molecular complexity index is 1550. The van der Waals surface area contributed by atoms with Crippen molar-refractivity contribution in [3.8, 4) is 11.3 Å². The molecule has 3 fully saturated rings. The fourth-order valence-corrected chi connectivity index (χ4v) is 7.54. The van der Waals surface area contributed by atoms with Gasteiger partial charge < -0.3 is 19.6 Å². The standard InChI is InChI=1S/C32H37F3N6O4S/c1-20-3-2-8-41(20)19-27-30(22-4-5-25(23(15-22)32(33,34)35)39-11-13-45-14-12-39)38-29(46-27)16-26(42)24-17-37-28(18-36-24)40-9-6-21(7-10-40)31(43)44/h4-5,15,17-18,20-21H,2-3,6-14,16,19H2,1H3,(H,43,44)/t20-/m1/s1. The van der Waals surface area contributed by atoms with Gasteiger partial charge in [0.05, 0.1) is 49.2 Å². The molecule has 0 unspecified atom stereocenters. The molecular weight excluding hydrogens is 621 g/mol. The summed E-state index contributed by atoms with van der Waals surface area (Å²) in [6, 6.07) is 4.75. The Hall–Kier alpha value is -3.62. The number of hydrogen-bond donors (Lipinski definition) is 1. The van der Waals surface area contributed by atoms with Crippen molar-refractivity contribution in [1.82, 2.24) is 19.9 Å². The Morgan fingerprint density at radius 3 is 2.41 bits per heavy atom. The predicted molar refractivity (Wildman–Crippen MR) is 167 cm³/mol. The Morgan fingerprint density at radius 1 is 1.02 bits per heavy atom. The SMILES string of the molecule is C[C@@H]1CCCN1Cc1sc(CC(=O)c2cnc(N3CCC(C(=O)O)CC3)cn2)nc1-c1ccc(N2CCOCC2)c(C(F)(F)F)c1.